The van der Waals surface area contributed by atoms with Crippen molar-refractivity contribution < 1.29 is 28.6 Å². The maximum Gasteiger partial charge on any atom is 0.349 e. The molecule has 4 atom stereocenters. The number of carbonyl (C=O) groups is 3. The van der Waals surface area contributed by atoms with Crippen molar-refractivity contribution in [2.75, 3.05) is 5.75 Å². The van der Waals surface area contributed by atoms with Crippen molar-refractivity contribution >= 4 is 54.9 Å². The Morgan fingerprint density at radius 1 is 0.839 bits per heavy atom. The van der Waals surface area contributed by atoms with Gasteiger partial charge in [-0.1, -0.05) is 48.5 Å². The van der Waals surface area contributed by atoms with Crippen molar-refractivity contribution in [1.82, 2.24) is 0 Å². The molecule has 0 aliphatic rings. The van der Waals surface area contributed by atoms with E-state index in [4.69, 9.17) is 14.2 Å². The van der Waals surface area contributed by atoms with E-state index in [1.165, 1.54) is 25.6 Å². The summed E-state index contributed by atoms with van der Waals surface area (Å²) in [5.74, 6) is -1.81. The van der Waals surface area contributed by atoms with Crippen molar-refractivity contribution in [2.24, 2.45) is 0 Å². The topological polar surface area (TPSA) is 78.9 Å². The summed E-state index contributed by atoms with van der Waals surface area (Å²) < 4.78 is 15.9. The van der Waals surface area contributed by atoms with Gasteiger partial charge in [-0.2, -0.15) is 12.6 Å². The van der Waals surface area contributed by atoms with Gasteiger partial charge in [0.25, 0.3) is 0 Å². The molecule has 0 N–H and O–H groups in total. The number of thiol groups is 2. The highest BCUT2D eigenvalue weighted by Crippen LogP contribution is 2.31. The van der Waals surface area contributed by atoms with Crippen molar-refractivity contribution in [3.05, 3.63) is 66.2 Å². The highest BCUT2D eigenvalue weighted by molar-refractivity contribution is 7.99. The molecule has 0 radical (unpaired) electrons. The van der Waals surface area contributed by atoms with Crippen LogP contribution in [0.25, 0.3) is 0 Å². The third-order valence-corrected chi connectivity index (χ3v) is 6.05. The average molecular weight is 481 g/mol. The quantitative estimate of drug-likeness (QED) is 0.174. The monoisotopic (exact) mass is 480 g/mol. The van der Waals surface area contributed by atoms with Gasteiger partial charge in [0.2, 0.25) is 6.10 Å². The summed E-state index contributed by atoms with van der Waals surface area (Å²) in [6.45, 7) is 2.46. The van der Waals surface area contributed by atoms with E-state index in [2.05, 4.69) is 25.3 Å². The normalized spacial score (nSPS) is 14.6. The molecule has 0 aliphatic heterocycles. The second kappa shape index (κ2) is 12.7. The zero-order valence-corrected chi connectivity index (χ0v) is 19.6. The number of ether oxygens (including phenoxy) is 3. The molecule has 0 fully saturated rings. The first-order valence-corrected chi connectivity index (χ1v) is 11.4. The third kappa shape index (κ3) is 8.51. The summed E-state index contributed by atoms with van der Waals surface area (Å²) >= 11 is 10.2. The number of rotatable bonds is 10. The van der Waals surface area contributed by atoms with Gasteiger partial charge in [-0.05, 0) is 17.7 Å². The molecule has 0 heterocycles. The van der Waals surface area contributed by atoms with Crippen LogP contribution in [0.4, 0.5) is 0 Å². The van der Waals surface area contributed by atoms with Gasteiger partial charge >= 0.3 is 17.9 Å². The van der Waals surface area contributed by atoms with E-state index in [0.29, 0.717) is 0 Å². The van der Waals surface area contributed by atoms with Crippen LogP contribution in [0, 0.1) is 0 Å². The summed E-state index contributed by atoms with van der Waals surface area (Å²) in [5, 5.41) is -0.591. The summed E-state index contributed by atoms with van der Waals surface area (Å²) in [7, 11) is 0. The maximum atomic E-state index is 12.7. The summed E-state index contributed by atoms with van der Waals surface area (Å²) in [5.41, 5.74) is -0.359. The molecule has 0 spiro atoms. The fraction of sp³-hybridized carbons (Fsp3) is 0.318. The van der Waals surface area contributed by atoms with E-state index in [-0.39, 0.29) is 5.75 Å². The minimum atomic E-state index is -1.15. The highest BCUT2D eigenvalue weighted by Gasteiger charge is 2.34. The van der Waals surface area contributed by atoms with Gasteiger partial charge in [-0.15, -0.1) is 24.4 Å². The Labute approximate surface area is 196 Å². The number of thioether (sulfide) groups is 1. The molecule has 2 rings (SSSR count). The zero-order valence-electron chi connectivity index (χ0n) is 17.0. The van der Waals surface area contributed by atoms with Gasteiger partial charge in [-0.3, -0.25) is 9.59 Å². The zero-order chi connectivity index (χ0) is 22.8. The minimum absolute atomic E-state index is 0.157. The van der Waals surface area contributed by atoms with Crippen LogP contribution >= 0.6 is 37.0 Å². The Bertz CT molecular complexity index is 862. The van der Waals surface area contributed by atoms with Gasteiger partial charge in [0.15, 0.2) is 11.5 Å². The molecular weight excluding hydrogens is 456 g/mol. The predicted molar refractivity (Wildman–Crippen MR) is 125 cm³/mol. The lowest BCUT2D eigenvalue weighted by Crippen LogP contribution is -2.39. The van der Waals surface area contributed by atoms with Crippen molar-refractivity contribution in [2.45, 2.75) is 41.6 Å². The Balaban J connectivity index is 2.10. The van der Waals surface area contributed by atoms with Crippen LogP contribution < -0.4 is 0 Å². The number of hydrogen-bond acceptors (Lipinski definition) is 9. The lowest BCUT2D eigenvalue weighted by molar-refractivity contribution is -0.171. The molecule has 0 aliphatic carbocycles. The first-order valence-electron chi connectivity index (χ1n) is 9.41. The second-order valence-corrected chi connectivity index (χ2v) is 8.64. The lowest BCUT2D eigenvalue weighted by atomic mass is 10.1. The number of carbonyl (C=O) groups excluding carboxylic acids is 3. The molecule has 0 amide bonds. The van der Waals surface area contributed by atoms with Crippen LogP contribution in [0.2, 0.25) is 0 Å². The minimum Gasteiger partial charge on any atom is -0.456 e. The van der Waals surface area contributed by atoms with Crippen LogP contribution in [0.15, 0.2) is 65.6 Å². The first-order chi connectivity index (χ1) is 14.8. The largest absolute Gasteiger partial charge is 0.456 e. The Morgan fingerprint density at radius 3 is 1.94 bits per heavy atom. The van der Waals surface area contributed by atoms with E-state index in [9.17, 15) is 14.4 Å². The second-order valence-electron chi connectivity index (χ2n) is 6.48. The van der Waals surface area contributed by atoms with E-state index in [1.54, 1.807) is 0 Å². The van der Waals surface area contributed by atoms with E-state index in [1.807, 2.05) is 60.7 Å². The molecule has 6 nitrogen and oxygen atoms in total. The predicted octanol–water partition coefficient (Wildman–Crippen LogP) is 4.11. The standard InChI is InChI=1S/C22H24O6S3/c1-14(23)26-18(13-31-17-11-7-4-8-12-17)21(25)28-22(30)19(27-15(2)24)20(29)16-9-5-3-6-10-16/h3-12,18-20,22,29-30H,13H2,1-2H3. The van der Waals surface area contributed by atoms with Crippen molar-refractivity contribution in [1.29, 1.82) is 0 Å². The Kier molecular flexibility index (Phi) is 10.3. The molecule has 31 heavy (non-hydrogen) atoms. The average Bonchev–Trinajstić information content (AvgIpc) is 2.75. The van der Waals surface area contributed by atoms with Crippen molar-refractivity contribution in [3.8, 4) is 0 Å². The smallest absolute Gasteiger partial charge is 0.349 e. The van der Waals surface area contributed by atoms with Gasteiger partial charge in [-0.25, -0.2) is 4.79 Å². The number of benzene rings is 2. The van der Waals surface area contributed by atoms with Crippen LogP contribution in [-0.4, -0.2) is 41.3 Å². The fourth-order valence-corrected chi connectivity index (χ4v) is 4.37. The van der Waals surface area contributed by atoms with Crippen LogP contribution in [0.5, 0.6) is 0 Å². The molecule has 9 heteroatoms. The highest BCUT2D eigenvalue weighted by atomic mass is 32.2. The molecule has 166 valence electrons. The Morgan fingerprint density at radius 2 is 1.39 bits per heavy atom. The van der Waals surface area contributed by atoms with Gasteiger partial charge < -0.3 is 14.2 Å². The molecule has 0 aromatic heterocycles. The van der Waals surface area contributed by atoms with Crippen LogP contribution in [-0.2, 0) is 28.6 Å². The molecule has 0 saturated carbocycles. The molecule has 0 bridgehead atoms. The maximum absolute atomic E-state index is 12.7. The van der Waals surface area contributed by atoms with E-state index >= 15 is 0 Å². The van der Waals surface area contributed by atoms with E-state index in [0.717, 1.165) is 10.5 Å². The number of esters is 3. The molecule has 2 aromatic carbocycles. The summed E-state index contributed by atoms with van der Waals surface area (Å²) in [4.78, 5) is 36.7. The third-order valence-electron chi connectivity index (χ3n) is 3.99. The van der Waals surface area contributed by atoms with Gasteiger partial charge in [0.05, 0.1) is 5.25 Å². The van der Waals surface area contributed by atoms with E-state index < -0.39 is 40.8 Å². The molecular formula is C22H24O6S3. The SMILES string of the molecule is CC(=O)OC(CSc1ccccc1)C(=O)OC(S)C(OC(C)=O)C(S)c1ccccc1. The summed E-state index contributed by atoms with van der Waals surface area (Å²) in [6.07, 6.45) is -2.11. The molecule has 0 saturated heterocycles. The fourth-order valence-electron chi connectivity index (χ4n) is 2.61. The Hall–Kier alpha value is -2.10. The molecule has 4 unspecified atom stereocenters. The summed E-state index contributed by atoms with van der Waals surface area (Å²) in [6, 6.07) is 18.5. The van der Waals surface area contributed by atoms with Gasteiger partial charge in [0.1, 0.15) is 0 Å². The number of hydrogen-bond donors (Lipinski definition) is 2. The lowest BCUT2D eigenvalue weighted by Gasteiger charge is -2.28. The molecule has 2 aromatic rings. The van der Waals surface area contributed by atoms with Crippen molar-refractivity contribution in [3.63, 3.8) is 0 Å². The first kappa shape index (κ1) is 25.2. The van der Waals surface area contributed by atoms with Crippen LogP contribution in [0.1, 0.15) is 24.7 Å². The van der Waals surface area contributed by atoms with Gasteiger partial charge in [0, 0.05) is 24.5 Å². The van der Waals surface area contributed by atoms with Crippen LogP contribution in [0.3, 0.4) is 0 Å².